The molecule has 2 aromatic heterocycles. The van der Waals surface area contributed by atoms with Crippen LogP contribution in [-0.4, -0.2) is 22.1 Å². The number of carbonyl (C=O) groups is 1. The molecule has 0 N–H and O–H groups in total. The van der Waals surface area contributed by atoms with Crippen LogP contribution in [0.1, 0.15) is 23.0 Å². The maximum atomic E-state index is 12.6. The van der Waals surface area contributed by atoms with Gasteiger partial charge in [0.05, 0.1) is 22.4 Å². The minimum atomic E-state index is -0.427. The van der Waals surface area contributed by atoms with Gasteiger partial charge < -0.3 is 9.30 Å². The van der Waals surface area contributed by atoms with Gasteiger partial charge >= 0.3 is 5.97 Å². The van der Waals surface area contributed by atoms with Gasteiger partial charge in [0.2, 0.25) is 11.2 Å². The number of hydrogen-bond donors (Lipinski definition) is 0. The number of carbonyl (C=O) groups excluding carboxylic acids is 1. The van der Waals surface area contributed by atoms with Crippen molar-refractivity contribution >= 4 is 33.6 Å². The van der Waals surface area contributed by atoms with Crippen LogP contribution in [0.5, 0.6) is 0 Å². The van der Waals surface area contributed by atoms with Crippen LogP contribution in [0.3, 0.4) is 0 Å². The van der Waals surface area contributed by atoms with Crippen molar-refractivity contribution in [2.45, 2.75) is 13.8 Å². The summed E-state index contributed by atoms with van der Waals surface area (Å²) in [6.45, 7) is 3.91. The first-order chi connectivity index (χ1) is 13.9. The summed E-state index contributed by atoms with van der Waals surface area (Å²) in [5.41, 5.74) is 4.76. The topological polar surface area (TPSA) is 78.2 Å². The molecule has 29 heavy (non-hydrogen) atoms. The number of para-hydroxylation sites is 1. The van der Waals surface area contributed by atoms with Gasteiger partial charge in [0.25, 0.3) is 5.69 Å². The fourth-order valence-corrected chi connectivity index (χ4v) is 3.78. The van der Waals surface area contributed by atoms with Crippen LogP contribution in [0.15, 0.2) is 54.6 Å². The SMILES string of the molecule is CCOC(=O)c1cc2c(c3ccccc3n2C)[n+](-c2ccc([N+](=O)[O-])cc2)c1C. The summed E-state index contributed by atoms with van der Waals surface area (Å²) in [6.07, 6.45) is 0. The highest BCUT2D eigenvalue weighted by Gasteiger charge is 2.29. The van der Waals surface area contributed by atoms with E-state index in [4.69, 9.17) is 4.74 Å². The van der Waals surface area contributed by atoms with Gasteiger partial charge in [-0.05, 0) is 25.1 Å². The number of benzene rings is 2. The number of esters is 1. The first kappa shape index (κ1) is 18.6. The Kier molecular flexibility index (Phi) is 4.50. The van der Waals surface area contributed by atoms with E-state index in [9.17, 15) is 14.9 Å². The van der Waals surface area contributed by atoms with Crippen molar-refractivity contribution in [3.8, 4) is 5.69 Å². The van der Waals surface area contributed by atoms with Crippen molar-refractivity contribution in [2.24, 2.45) is 7.05 Å². The van der Waals surface area contributed by atoms with Crippen LogP contribution >= 0.6 is 0 Å². The van der Waals surface area contributed by atoms with Gasteiger partial charge in [-0.1, -0.05) is 12.1 Å². The number of nitro benzene ring substituents is 1. The Morgan fingerprint density at radius 1 is 1.14 bits per heavy atom. The molecule has 0 saturated heterocycles. The summed E-state index contributed by atoms with van der Waals surface area (Å²) < 4.78 is 9.26. The lowest BCUT2D eigenvalue weighted by Gasteiger charge is -2.08. The van der Waals surface area contributed by atoms with Gasteiger partial charge in [-0.2, -0.15) is 4.57 Å². The summed E-state index contributed by atoms with van der Waals surface area (Å²) in [5.74, 6) is -0.396. The molecule has 2 heterocycles. The molecule has 0 amide bonds. The number of ether oxygens (including phenoxy) is 1. The highest BCUT2D eigenvalue weighted by molar-refractivity contribution is 6.06. The van der Waals surface area contributed by atoms with E-state index >= 15 is 0 Å². The van der Waals surface area contributed by atoms with Crippen molar-refractivity contribution in [2.75, 3.05) is 6.61 Å². The molecule has 0 aliphatic heterocycles. The Balaban J connectivity index is 2.12. The molecule has 4 aromatic rings. The minimum Gasteiger partial charge on any atom is -0.462 e. The Morgan fingerprint density at radius 3 is 2.48 bits per heavy atom. The van der Waals surface area contributed by atoms with E-state index in [1.807, 2.05) is 53.4 Å². The van der Waals surface area contributed by atoms with Crippen molar-refractivity contribution < 1.29 is 19.0 Å². The van der Waals surface area contributed by atoms with E-state index in [1.54, 1.807) is 19.1 Å². The fraction of sp³-hybridized carbons (Fsp3) is 0.182. The van der Waals surface area contributed by atoms with E-state index in [0.29, 0.717) is 11.3 Å². The molecule has 146 valence electrons. The van der Waals surface area contributed by atoms with Gasteiger partial charge in [0.15, 0.2) is 5.69 Å². The van der Waals surface area contributed by atoms with Gasteiger partial charge in [-0.3, -0.25) is 10.1 Å². The van der Waals surface area contributed by atoms with Crippen molar-refractivity contribution in [3.05, 3.63) is 76.0 Å². The van der Waals surface area contributed by atoms with Crippen LogP contribution in [-0.2, 0) is 11.8 Å². The summed E-state index contributed by atoms with van der Waals surface area (Å²) in [4.78, 5) is 23.3. The normalized spacial score (nSPS) is 11.1. The van der Waals surface area contributed by atoms with E-state index in [1.165, 1.54) is 12.1 Å². The number of nitrogens with zero attached hydrogens (tertiary/aromatic N) is 3. The van der Waals surface area contributed by atoms with E-state index in [0.717, 1.165) is 27.6 Å². The molecule has 4 rings (SSSR count). The maximum Gasteiger partial charge on any atom is 0.344 e. The number of non-ortho nitro benzene ring substituents is 1. The fourth-order valence-electron chi connectivity index (χ4n) is 3.78. The Morgan fingerprint density at radius 2 is 1.83 bits per heavy atom. The second-order valence-corrected chi connectivity index (χ2v) is 6.78. The first-order valence-corrected chi connectivity index (χ1v) is 9.28. The number of aromatic nitrogens is 2. The molecule has 0 unspecified atom stereocenters. The van der Waals surface area contributed by atoms with Crippen molar-refractivity contribution in [1.82, 2.24) is 4.57 Å². The molecule has 2 aromatic carbocycles. The number of aryl methyl sites for hydroxylation is 1. The number of pyridine rings is 1. The van der Waals surface area contributed by atoms with Crippen molar-refractivity contribution in [3.63, 3.8) is 0 Å². The molecule has 7 nitrogen and oxygen atoms in total. The summed E-state index contributed by atoms with van der Waals surface area (Å²) >= 11 is 0. The summed E-state index contributed by atoms with van der Waals surface area (Å²) in [6, 6.07) is 16.2. The number of nitro groups is 1. The summed E-state index contributed by atoms with van der Waals surface area (Å²) in [7, 11) is 1.95. The molecular formula is C22H20N3O4+. The smallest absolute Gasteiger partial charge is 0.344 e. The molecule has 0 bridgehead atoms. The third-order valence-electron chi connectivity index (χ3n) is 5.17. The standard InChI is InChI=1S/C22H20N3O4/c1-4-29-22(26)18-13-20-21(17-7-5-6-8-19(17)23(20)3)24(14(18)2)15-9-11-16(12-10-15)25(27)28/h5-13H,4H2,1-3H3/q+1. The van der Waals surface area contributed by atoms with Gasteiger partial charge in [-0.25, -0.2) is 4.79 Å². The molecule has 0 fully saturated rings. The van der Waals surface area contributed by atoms with E-state index in [-0.39, 0.29) is 12.3 Å². The number of hydrogen-bond acceptors (Lipinski definition) is 4. The lowest BCUT2D eigenvalue weighted by atomic mass is 10.1. The van der Waals surface area contributed by atoms with Crippen LogP contribution in [0, 0.1) is 17.0 Å². The Labute approximate surface area is 166 Å². The average molecular weight is 390 g/mol. The third-order valence-corrected chi connectivity index (χ3v) is 5.17. The van der Waals surface area contributed by atoms with Gasteiger partial charge in [0.1, 0.15) is 11.1 Å². The predicted molar refractivity (Wildman–Crippen MR) is 109 cm³/mol. The first-order valence-electron chi connectivity index (χ1n) is 9.28. The Bertz CT molecular complexity index is 1270. The van der Waals surface area contributed by atoms with Crippen molar-refractivity contribution in [1.29, 1.82) is 0 Å². The molecule has 0 saturated carbocycles. The quantitative estimate of drug-likeness (QED) is 0.228. The number of fused-ring (bicyclic) bond motifs is 3. The molecular weight excluding hydrogens is 370 g/mol. The van der Waals surface area contributed by atoms with Crippen LogP contribution in [0.4, 0.5) is 5.69 Å². The van der Waals surface area contributed by atoms with E-state index < -0.39 is 10.9 Å². The molecule has 0 spiro atoms. The number of rotatable bonds is 4. The zero-order valence-electron chi connectivity index (χ0n) is 16.4. The molecule has 0 atom stereocenters. The highest BCUT2D eigenvalue weighted by Crippen LogP contribution is 2.29. The zero-order valence-corrected chi connectivity index (χ0v) is 16.4. The predicted octanol–water partition coefficient (Wildman–Crippen LogP) is 4.00. The minimum absolute atomic E-state index is 0.0164. The third kappa shape index (κ3) is 2.91. The highest BCUT2D eigenvalue weighted by atomic mass is 16.6. The molecule has 0 aliphatic carbocycles. The monoisotopic (exact) mass is 390 g/mol. The van der Waals surface area contributed by atoms with Crippen LogP contribution in [0.2, 0.25) is 0 Å². The largest absolute Gasteiger partial charge is 0.462 e. The molecule has 7 heteroatoms. The molecule has 0 aliphatic rings. The lowest BCUT2D eigenvalue weighted by Crippen LogP contribution is -2.37. The zero-order chi connectivity index (χ0) is 20.7. The molecule has 0 radical (unpaired) electrons. The van der Waals surface area contributed by atoms with Gasteiger partial charge in [-0.15, -0.1) is 0 Å². The second-order valence-electron chi connectivity index (χ2n) is 6.78. The van der Waals surface area contributed by atoms with Crippen LogP contribution in [0.25, 0.3) is 27.6 Å². The second kappa shape index (κ2) is 7.01. The van der Waals surface area contributed by atoms with Gasteiger partial charge in [0, 0.05) is 38.2 Å². The van der Waals surface area contributed by atoms with Crippen LogP contribution < -0.4 is 4.57 Å². The van der Waals surface area contributed by atoms with E-state index in [2.05, 4.69) is 0 Å². The summed E-state index contributed by atoms with van der Waals surface area (Å²) in [5, 5.41) is 12.1. The Hall–Kier alpha value is -3.74. The lowest BCUT2D eigenvalue weighted by molar-refractivity contribution is -0.573. The maximum absolute atomic E-state index is 12.6. The average Bonchev–Trinajstić information content (AvgIpc) is 3.00.